The Labute approximate surface area is 90.6 Å². The quantitative estimate of drug-likeness (QED) is 0.676. The van der Waals surface area contributed by atoms with Gasteiger partial charge in [-0.3, -0.25) is 0 Å². The van der Waals surface area contributed by atoms with Gasteiger partial charge in [-0.05, 0) is 40.0 Å². The summed E-state index contributed by atoms with van der Waals surface area (Å²) in [5.41, 5.74) is -0.505. The number of alkyl halides is 1. The van der Waals surface area contributed by atoms with Gasteiger partial charge in [0.15, 0.2) is 0 Å². The Morgan fingerprint density at radius 2 is 2.13 bits per heavy atom. The molecule has 1 atom stereocenters. The average molecular weight is 217 g/mol. The van der Waals surface area contributed by atoms with Gasteiger partial charge in [0.05, 0.1) is 6.04 Å². The Morgan fingerprint density at radius 3 is 2.67 bits per heavy atom. The number of carbonyl (C=O) groups excluding carboxylic acids is 1. The molecule has 3 nitrogen and oxygen atoms in total. The maximum absolute atomic E-state index is 12.7. The summed E-state index contributed by atoms with van der Waals surface area (Å²) in [7, 11) is 0. The number of piperidine rings is 1. The highest BCUT2D eigenvalue weighted by atomic mass is 19.1. The van der Waals surface area contributed by atoms with Crippen molar-refractivity contribution in [2.24, 2.45) is 0 Å². The zero-order valence-electron chi connectivity index (χ0n) is 9.75. The first-order valence-electron chi connectivity index (χ1n) is 5.49. The maximum Gasteiger partial charge on any atom is 0.410 e. The summed E-state index contributed by atoms with van der Waals surface area (Å²) in [6.45, 7) is 5.60. The van der Waals surface area contributed by atoms with E-state index in [4.69, 9.17) is 4.74 Å². The van der Waals surface area contributed by atoms with E-state index in [0.29, 0.717) is 6.54 Å². The molecule has 0 aromatic rings. The third kappa shape index (κ3) is 3.68. The fraction of sp³-hybridized carbons (Fsp3) is 0.909. The monoisotopic (exact) mass is 217 g/mol. The van der Waals surface area contributed by atoms with Crippen LogP contribution in [0.25, 0.3) is 0 Å². The summed E-state index contributed by atoms with van der Waals surface area (Å²) in [5, 5.41) is 0. The van der Waals surface area contributed by atoms with Gasteiger partial charge in [-0.2, -0.15) is 0 Å². The second-order valence-electron chi connectivity index (χ2n) is 4.98. The van der Waals surface area contributed by atoms with Crippen LogP contribution >= 0.6 is 0 Å². The number of ether oxygens (including phenoxy) is 1. The fourth-order valence-corrected chi connectivity index (χ4v) is 1.72. The lowest BCUT2D eigenvalue weighted by Gasteiger charge is -2.35. The zero-order chi connectivity index (χ0) is 11.5. The molecule has 0 spiro atoms. The van der Waals surface area contributed by atoms with Crippen molar-refractivity contribution < 1.29 is 13.9 Å². The summed E-state index contributed by atoms with van der Waals surface area (Å²) in [6.07, 6.45) is 2.30. The summed E-state index contributed by atoms with van der Waals surface area (Å²) < 4.78 is 17.9. The van der Waals surface area contributed by atoms with E-state index in [0.717, 1.165) is 19.3 Å². The van der Waals surface area contributed by atoms with Crippen molar-refractivity contribution in [3.05, 3.63) is 0 Å². The molecule has 15 heavy (non-hydrogen) atoms. The van der Waals surface area contributed by atoms with Crippen LogP contribution < -0.4 is 0 Å². The number of halogens is 1. The van der Waals surface area contributed by atoms with Crippen molar-refractivity contribution >= 4 is 6.09 Å². The van der Waals surface area contributed by atoms with Gasteiger partial charge in [-0.15, -0.1) is 0 Å². The van der Waals surface area contributed by atoms with E-state index in [1.807, 2.05) is 20.8 Å². The highest BCUT2D eigenvalue weighted by Crippen LogP contribution is 2.20. The Hall–Kier alpha value is -0.800. The van der Waals surface area contributed by atoms with Crippen molar-refractivity contribution in [2.45, 2.75) is 51.7 Å². The first kappa shape index (κ1) is 12.3. The number of amides is 1. The molecular weight excluding hydrogens is 197 g/mol. The molecule has 1 aliphatic heterocycles. The normalized spacial score (nSPS) is 22.7. The van der Waals surface area contributed by atoms with E-state index >= 15 is 0 Å². The van der Waals surface area contributed by atoms with E-state index < -0.39 is 12.3 Å². The third-order valence-corrected chi connectivity index (χ3v) is 2.43. The Balaban J connectivity index is 2.56. The Bertz CT molecular complexity index is 225. The van der Waals surface area contributed by atoms with Crippen LogP contribution in [0.5, 0.6) is 0 Å². The highest BCUT2D eigenvalue weighted by molar-refractivity contribution is 5.68. The van der Waals surface area contributed by atoms with Crippen LogP contribution in [-0.4, -0.2) is 35.9 Å². The van der Waals surface area contributed by atoms with Crippen molar-refractivity contribution in [1.82, 2.24) is 4.90 Å². The molecule has 4 heteroatoms. The maximum atomic E-state index is 12.7. The van der Waals surface area contributed by atoms with Gasteiger partial charge in [0, 0.05) is 6.54 Å². The minimum Gasteiger partial charge on any atom is -0.444 e. The van der Waals surface area contributed by atoms with Gasteiger partial charge in [0.1, 0.15) is 12.3 Å². The predicted octanol–water partition coefficient (Wildman–Crippen LogP) is 2.75. The molecule has 0 aromatic heterocycles. The van der Waals surface area contributed by atoms with Crippen LogP contribution in [0.4, 0.5) is 9.18 Å². The minimum atomic E-state index is -0.505. The van der Waals surface area contributed by atoms with Crippen LogP contribution in [0.2, 0.25) is 0 Å². The average Bonchev–Trinajstić information content (AvgIpc) is 2.15. The SMILES string of the molecule is CC(C)(C)OC(=O)N1CCCCC1CF. The summed E-state index contributed by atoms with van der Waals surface area (Å²) in [5.74, 6) is 0. The number of hydrogen-bond donors (Lipinski definition) is 0. The Kier molecular flexibility index (Phi) is 3.94. The molecule has 0 aliphatic carbocycles. The second kappa shape index (κ2) is 4.81. The van der Waals surface area contributed by atoms with Crippen LogP contribution in [-0.2, 0) is 4.74 Å². The Morgan fingerprint density at radius 1 is 1.47 bits per heavy atom. The molecule has 0 radical (unpaired) electrons. The molecule has 0 N–H and O–H groups in total. The van der Waals surface area contributed by atoms with E-state index in [9.17, 15) is 9.18 Å². The smallest absolute Gasteiger partial charge is 0.410 e. The molecule has 1 heterocycles. The van der Waals surface area contributed by atoms with Gasteiger partial charge in [-0.1, -0.05) is 0 Å². The molecule has 0 bridgehead atoms. The van der Waals surface area contributed by atoms with E-state index in [2.05, 4.69) is 0 Å². The minimum absolute atomic E-state index is 0.284. The molecule has 88 valence electrons. The summed E-state index contributed by atoms with van der Waals surface area (Å²) >= 11 is 0. The first-order chi connectivity index (χ1) is 6.94. The lowest BCUT2D eigenvalue weighted by Crippen LogP contribution is -2.47. The molecule has 1 rings (SSSR count). The van der Waals surface area contributed by atoms with E-state index in [-0.39, 0.29) is 12.1 Å². The topological polar surface area (TPSA) is 29.5 Å². The lowest BCUT2D eigenvalue weighted by molar-refractivity contribution is 0.00681. The molecule has 1 fully saturated rings. The molecule has 0 aromatic carbocycles. The zero-order valence-corrected chi connectivity index (χ0v) is 9.75. The van der Waals surface area contributed by atoms with Gasteiger partial charge in [0.25, 0.3) is 0 Å². The van der Waals surface area contributed by atoms with Gasteiger partial charge in [0.2, 0.25) is 0 Å². The molecule has 1 amide bonds. The molecule has 1 aliphatic rings. The molecule has 1 saturated heterocycles. The number of nitrogens with zero attached hydrogens (tertiary/aromatic N) is 1. The standard InChI is InChI=1S/C11H20FNO2/c1-11(2,3)15-10(14)13-7-5-4-6-9(13)8-12/h9H,4-8H2,1-3H3. The largest absolute Gasteiger partial charge is 0.444 e. The van der Waals surface area contributed by atoms with Crippen LogP contribution in [0.15, 0.2) is 0 Å². The van der Waals surface area contributed by atoms with Gasteiger partial charge < -0.3 is 9.64 Å². The fourth-order valence-electron chi connectivity index (χ4n) is 1.72. The van der Waals surface area contributed by atoms with Crippen LogP contribution in [0, 0.1) is 0 Å². The number of rotatable bonds is 1. The van der Waals surface area contributed by atoms with Gasteiger partial charge in [-0.25, -0.2) is 9.18 Å². The lowest BCUT2D eigenvalue weighted by atomic mass is 10.0. The second-order valence-corrected chi connectivity index (χ2v) is 4.98. The first-order valence-corrected chi connectivity index (χ1v) is 5.49. The summed E-state index contributed by atoms with van der Waals surface area (Å²) in [4.78, 5) is 13.2. The van der Waals surface area contributed by atoms with Crippen molar-refractivity contribution in [1.29, 1.82) is 0 Å². The van der Waals surface area contributed by atoms with Crippen molar-refractivity contribution in [3.8, 4) is 0 Å². The van der Waals surface area contributed by atoms with E-state index in [1.54, 1.807) is 0 Å². The number of hydrogen-bond acceptors (Lipinski definition) is 2. The summed E-state index contributed by atoms with van der Waals surface area (Å²) in [6, 6.07) is -0.284. The van der Waals surface area contributed by atoms with Gasteiger partial charge >= 0.3 is 6.09 Å². The van der Waals surface area contributed by atoms with Crippen LogP contribution in [0.1, 0.15) is 40.0 Å². The molecular formula is C11H20FNO2. The number of carbonyl (C=O) groups is 1. The van der Waals surface area contributed by atoms with Crippen LogP contribution in [0.3, 0.4) is 0 Å². The molecule has 1 unspecified atom stereocenters. The molecule has 0 saturated carbocycles. The van der Waals surface area contributed by atoms with Crippen molar-refractivity contribution in [3.63, 3.8) is 0 Å². The van der Waals surface area contributed by atoms with Crippen molar-refractivity contribution in [2.75, 3.05) is 13.2 Å². The third-order valence-electron chi connectivity index (χ3n) is 2.43. The number of likely N-dealkylation sites (tertiary alicyclic amines) is 1. The van der Waals surface area contributed by atoms with E-state index in [1.165, 1.54) is 4.90 Å². The predicted molar refractivity (Wildman–Crippen MR) is 56.6 cm³/mol. The highest BCUT2D eigenvalue weighted by Gasteiger charge is 2.30.